The number of carbonyl (C=O) groups is 4. The lowest BCUT2D eigenvalue weighted by molar-refractivity contribution is -0.156. The van der Waals surface area contributed by atoms with E-state index in [1.54, 1.807) is 6.07 Å². The van der Waals surface area contributed by atoms with Gasteiger partial charge in [-0.1, -0.05) is 12.1 Å². The Hall–Kier alpha value is -3.58. The predicted octanol–water partition coefficient (Wildman–Crippen LogP) is 4.15. The van der Waals surface area contributed by atoms with Gasteiger partial charge in [-0.25, -0.2) is 8.96 Å². The van der Waals surface area contributed by atoms with E-state index >= 15 is 0 Å². The lowest BCUT2D eigenvalue weighted by Gasteiger charge is -2.35. The number of carbonyl (C=O) groups excluding carboxylic acids is 4. The Labute approximate surface area is 250 Å². The third-order valence-corrected chi connectivity index (χ3v) is 9.30. The number of fused-ring (bicyclic) bond motifs is 1. The monoisotopic (exact) mass is 635 g/mol. The second-order valence-corrected chi connectivity index (χ2v) is 12.8. The molecule has 1 N–H and O–H groups in total. The van der Waals surface area contributed by atoms with Crippen LogP contribution < -0.4 is 5.32 Å². The van der Waals surface area contributed by atoms with Crippen LogP contribution in [0.25, 0.3) is 0 Å². The molecule has 15 heteroatoms. The van der Waals surface area contributed by atoms with Crippen molar-refractivity contribution in [3.8, 4) is 0 Å². The van der Waals surface area contributed by atoms with Gasteiger partial charge in [-0.2, -0.15) is 8.78 Å². The minimum Gasteiger partial charge on any atom is -0.346 e. The summed E-state index contributed by atoms with van der Waals surface area (Å²) in [5.74, 6) is -7.87. The summed E-state index contributed by atoms with van der Waals surface area (Å²) in [5, 5.41) is 2.17. The van der Waals surface area contributed by atoms with Crippen LogP contribution in [0.4, 0.5) is 13.2 Å². The molecular formula is C29H29F3N3O8P. The van der Waals surface area contributed by atoms with Gasteiger partial charge in [0.15, 0.2) is 0 Å². The Morgan fingerprint density at radius 2 is 1.64 bits per heavy atom. The molecule has 0 spiro atoms. The maximum Gasteiger partial charge on any atom is 0.477 e. The van der Waals surface area contributed by atoms with Crippen molar-refractivity contribution in [3.05, 3.63) is 70.5 Å². The van der Waals surface area contributed by atoms with E-state index in [1.807, 2.05) is 0 Å². The highest BCUT2D eigenvalue weighted by atomic mass is 31.2. The zero-order valence-corrected chi connectivity index (χ0v) is 24.3. The molecule has 4 aliphatic rings. The fraction of sp³-hybridized carbons (Fsp3) is 0.448. The highest BCUT2D eigenvalue weighted by Gasteiger charge is 2.46. The fourth-order valence-electron chi connectivity index (χ4n) is 5.01. The minimum absolute atomic E-state index is 0.00899. The van der Waals surface area contributed by atoms with Crippen LogP contribution in [0.5, 0.6) is 0 Å². The summed E-state index contributed by atoms with van der Waals surface area (Å²) >= 11 is 0. The normalized spacial score (nSPS) is 20.7. The van der Waals surface area contributed by atoms with Gasteiger partial charge in [-0.15, -0.1) is 0 Å². The number of halogens is 3. The number of phosphoric acid groups is 1. The highest BCUT2D eigenvalue weighted by molar-refractivity contribution is 7.48. The van der Waals surface area contributed by atoms with E-state index in [1.165, 1.54) is 17.0 Å². The smallest absolute Gasteiger partial charge is 0.346 e. The summed E-state index contributed by atoms with van der Waals surface area (Å²) in [6.07, 6.45) is 2.33. The van der Waals surface area contributed by atoms with Crippen LogP contribution in [0.15, 0.2) is 42.5 Å². The fourth-order valence-corrected chi connectivity index (χ4v) is 6.59. The van der Waals surface area contributed by atoms with E-state index in [0.29, 0.717) is 42.4 Å². The van der Waals surface area contributed by atoms with Crippen molar-refractivity contribution >= 4 is 31.5 Å². The summed E-state index contributed by atoms with van der Waals surface area (Å²) in [6, 6.07) is 6.90. The number of nitrogens with one attached hydrogen (secondary N) is 1. The molecule has 3 fully saturated rings. The molecule has 1 atom stereocenters. The van der Waals surface area contributed by atoms with Gasteiger partial charge in [-0.3, -0.25) is 37.6 Å². The van der Waals surface area contributed by atoms with Gasteiger partial charge < -0.3 is 10.2 Å². The van der Waals surface area contributed by atoms with Crippen LogP contribution in [0.1, 0.15) is 65.6 Å². The van der Waals surface area contributed by atoms with Gasteiger partial charge in [0.05, 0.1) is 12.2 Å². The molecule has 0 bridgehead atoms. The zero-order valence-electron chi connectivity index (χ0n) is 23.4. The molecule has 2 aromatic carbocycles. The van der Waals surface area contributed by atoms with E-state index in [-0.39, 0.29) is 38.1 Å². The van der Waals surface area contributed by atoms with Crippen molar-refractivity contribution in [2.45, 2.75) is 75.8 Å². The molecule has 2 aliphatic carbocycles. The van der Waals surface area contributed by atoms with Crippen molar-refractivity contribution in [2.24, 2.45) is 0 Å². The number of phosphoric ester groups is 1. The second kappa shape index (κ2) is 11.7. The SMILES string of the molecule is O=C1CCC(N2Cc3cc(CNC(=O)C(F)(F)c4ccc(F)cc4)ccc3C2=O)C(=O)N1COP(=O)(OC1CC1)OC1CC1. The molecule has 2 aromatic rings. The molecular weight excluding hydrogens is 606 g/mol. The number of rotatable bonds is 12. The Bertz CT molecular complexity index is 1530. The van der Waals surface area contributed by atoms with Crippen molar-refractivity contribution in [1.29, 1.82) is 0 Å². The number of amides is 4. The van der Waals surface area contributed by atoms with Crippen molar-refractivity contribution in [3.63, 3.8) is 0 Å². The first-order valence-corrected chi connectivity index (χ1v) is 15.7. The predicted molar refractivity (Wildman–Crippen MR) is 145 cm³/mol. The molecule has 2 heterocycles. The molecule has 0 radical (unpaired) electrons. The second-order valence-electron chi connectivity index (χ2n) is 11.2. The van der Waals surface area contributed by atoms with Gasteiger partial charge in [0.25, 0.3) is 17.7 Å². The van der Waals surface area contributed by atoms with E-state index < -0.39 is 61.5 Å². The van der Waals surface area contributed by atoms with Crippen LogP contribution in [-0.4, -0.2) is 58.4 Å². The Balaban J connectivity index is 1.09. The molecule has 44 heavy (non-hydrogen) atoms. The standard InChI is InChI=1S/C29H29F3N3O8P/c30-20-4-2-19(3-5-20)29(31,32)28(39)33-14-17-1-10-23-18(13-17)15-34(26(23)37)24-11-12-25(36)35(27(24)38)16-41-44(40,42-21-6-7-21)43-22-8-9-22/h1-5,10,13,21-22,24H,6-9,11-12,14-16H2,(H,33,39). The number of imide groups is 1. The molecule has 234 valence electrons. The first-order valence-electron chi connectivity index (χ1n) is 14.2. The lowest BCUT2D eigenvalue weighted by atomic mass is 10.0. The Kier molecular flexibility index (Phi) is 8.12. The Morgan fingerprint density at radius 3 is 2.27 bits per heavy atom. The number of likely N-dealkylation sites (tertiary alicyclic amines) is 1. The van der Waals surface area contributed by atoms with Gasteiger partial charge in [-0.05, 0) is 73.6 Å². The van der Waals surface area contributed by atoms with Crippen LogP contribution in [0.3, 0.4) is 0 Å². The van der Waals surface area contributed by atoms with E-state index in [2.05, 4.69) is 5.32 Å². The first-order chi connectivity index (χ1) is 20.9. The van der Waals surface area contributed by atoms with Gasteiger partial charge >= 0.3 is 13.7 Å². The molecule has 6 rings (SSSR count). The summed E-state index contributed by atoms with van der Waals surface area (Å²) in [7, 11) is -4.00. The Morgan fingerprint density at radius 1 is 0.977 bits per heavy atom. The van der Waals surface area contributed by atoms with Crippen molar-refractivity contribution in [2.75, 3.05) is 6.73 Å². The number of piperidine rings is 1. The molecule has 2 aliphatic heterocycles. The molecule has 1 saturated heterocycles. The van der Waals surface area contributed by atoms with Gasteiger partial charge in [0.1, 0.15) is 18.6 Å². The summed E-state index contributed by atoms with van der Waals surface area (Å²) in [6.45, 7) is -0.910. The number of hydrogen-bond donors (Lipinski definition) is 1. The van der Waals surface area contributed by atoms with E-state index in [9.17, 15) is 36.9 Å². The number of nitrogens with zero attached hydrogens (tertiary/aromatic N) is 2. The maximum atomic E-state index is 14.6. The van der Waals surface area contributed by atoms with Crippen LogP contribution in [0.2, 0.25) is 0 Å². The summed E-state index contributed by atoms with van der Waals surface area (Å²) < 4.78 is 71.7. The number of alkyl halides is 2. The highest BCUT2D eigenvalue weighted by Crippen LogP contribution is 2.57. The number of benzene rings is 2. The van der Waals surface area contributed by atoms with Crippen LogP contribution >= 0.6 is 7.82 Å². The number of hydrogen-bond acceptors (Lipinski definition) is 8. The summed E-state index contributed by atoms with van der Waals surface area (Å²) in [4.78, 5) is 53.7. The average Bonchev–Trinajstić information content (AvgIpc) is 3.93. The van der Waals surface area contributed by atoms with Gasteiger partial charge in [0, 0.05) is 30.6 Å². The van der Waals surface area contributed by atoms with E-state index in [4.69, 9.17) is 13.6 Å². The van der Waals surface area contributed by atoms with Crippen molar-refractivity contribution < 1.29 is 50.5 Å². The molecule has 4 amide bonds. The quantitative estimate of drug-likeness (QED) is 0.272. The zero-order chi connectivity index (χ0) is 31.2. The molecule has 1 unspecified atom stereocenters. The van der Waals surface area contributed by atoms with E-state index in [0.717, 1.165) is 29.2 Å². The third kappa shape index (κ3) is 6.44. The topological polar surface area (TPSA) is 132 Å². The van der Waals surface area contributed by atoms with Crippen molar-refractivity contribution in [1.82, 2.24) is 15.1 Å². The summed E-state index contributed by atoms with van der Waals surface area (Å²) in [5.41, 5.74) is 0.586. The first kappa shape index (κ1) is 30.4. The molecule has 11 nitrogen and oxygen atoms in total. The molecule has 2 saturated carbocycles. The van der Waals surface area contributed by atoms with Gasteiger partial charge in [0.2, 0.25) is 5.91 Å². The maximum absolute atomic E-state index is 14.6. The van der Waals surface area contributed by atoms with Crippen LogP contribution in [-0.2, 0) is 51.5 Å². The largest absolute Gasteiger partial charge is 0.477 e. The average molecular weight is 636 g/mol. The lowest BCUT2D eigenvalue weighted by Crippen LogP contribution is -2.55. The molecule has 0 aromatic heterocycles. The third-order valence-electron chi connectivity index (χ3n) is 7.76. The minimum atomic E-state index is -4.00. The van der Waals surface area contributed by atoms with Crippen LogP contribution in [0, 0.1) is 5.82 Å².